The van der Waals surface area contributed by atoms with Gasteiger partial charge in [-0.05, 0) is 43.7 Å². The number of nitrogens with zero attached hydrogens (tertiary/aromatic N) is 4. The van der Waals surface area contributed by atoms with E-state index in [0.29, 0.717) is 6.42 Å². The Morgan fingerprint density at radius 3 is 2.25 bits per heavy atom. The highest BCUT2D eigenvalue weighted by molar-refractivity contribution is 5.81. The first-order valence-electron chi connectivity index (χ1n) is 8.20. The molecule has 0 saturated carbocycles. The van der Waals surface area contributed by atoms with Crippen LogP contribution in [0.4, 0.5) is 11.4 Å². The van der Waals surface area contributed by atoms with E-state index in [9.17, 15) is 0 Å². The topological polar surface area (TPSA) is 42.6 Å². The molecule has 0 aromatic heterocycles. The van der Waals surface area contributed by atoms with Crippen molar-refractivity contribution >= 4 is 17.6 Å². The molecule has 2 aromatic rings. The SMILES string of the molecule is CCN(/N=C\c1ccc(N(C)CCC#N)cc1)c1ccc(C)cc1. The Balaban J connectivity index is 2.05. The normalized spacial score (nSPS) is 10.6. The number of hydrazone groups is 1. The van der Waals surface area contributed by atoms with Gasteiger partial charge in [0, 0.05) is 25.8 Å². The van der Waals surface area contributed by atoms with Gasteiger partial charge in [0.05, 0.1) is 24.4 Å². The number of anilines is 2. The van der Waals surface area contributed by atoms with Gasteiger partial charge < -0.3 is 4.90 Å². The summed E-state index contributed by atoms with van der Waals surface area (Å²) in [6.07, 6.45) is 2.41. The van der Waals surface area contributed by atoms with Crippen LogP contribution in [0.5, 0.6) is 0 Å². The van der Waals surface area contributed by atoms with Crippen LogP contribution in [0.25, 0.3) is 0 Å². The number of rotatable bonds is 7. The molecule has 4 heteroatoms. The van der Waals surface area contributed by atoms with Gasteiger partial charge in [-0.3, -0.25) is 5.01 Å². The van der Waals surface area contributed by atoms with Gasteiger partial charge in [0.1, 0.15) is 0 Å². The zero-order valence-corrected chi connectivity index (χ0v) is 14.6. The van der Waals surface area contributed by atoms with Crippen LogP contribution in [0.15, 0.2) is 53.6 Å². The lowest BCUT2D eigenvalue weighted by Gasteiger charge is -2.18. The summed E-state index contributed by atoms with van der Waals surface area (Å²) < 4.78 is 0. The summed E-state index contributed by atoms with van der Waals surface area (Å²) in [4.78, 5) is 2.08. The van der Waals surface area contributed by atoms with Crippen molar-refractivity contribution in [2.24, 2.45) is 5.10 Å². The number of benzene rings is 2. The van der Waals surface area contributed by atoms with E-state index >= 15 is 0 Å². The van der Waals surface area contributed by atoms with Crippen LogP contribution in [0.2, 0.25) is 0 Å². The van der Waals surface area contributed by atoms with E-state index < -0.39 is 0 Å². The Morgan fingerprint density at radius 2 is 1.67 bits per heavy atom. The van der Waals surface area contributed by atoms with E-state index in [0.717, 1.165) is 30.0 Å². The van der Waals surface area contributed by atoms with Crippen molar-refractivity contribution in [1.29, 1.82) is 5.26 Å². The third-order valence-electron chi connectivity index (χ3n) is 3.87. The van der Waals surface area contributed by atoms with E-state index in [1.807, 2.05) is 30.4 Å². The zero-order chi connectivity index (χ0) is 17.4. The molecule has 0 bridgehead atoms. The Kier molecular flexibility index (Phi) is 6.39. The van der Waals surface area contributed by atoms with E-state index in [-0.39, 0.29) is 0 Å². The van der Waals surface area contributed by atoms with Crippen molar-refractivity contribution in [1.82, 2.24) is 0 Å². The minimum absolute atomic E-state index is 0.529. The first-order valence-corrected chi connectivity index (χ1v) is 8.20. The molecule has 2 aromatic carbocycles. The molecule has 0 N–H and O–H groups in total. The lowest BCUT2D eigenvalue weighted by atomic mass is 10.2. The van der Waals surface area contributed by atoms with Crippen LogP contribution in [0, 0.1) is 18.3 Å². The molecule has 4 nitrogen and oxygen atoms in total. The smallest absolute Gasteiger partial charge is 0.0640 e. The summed E-state index contributed by atoms with van der Waals surface area (Å²) in [5, 5.41) is 15.2. The molecular weight excluding hydrogens is 296 g/mol. The average molecular weight is 320 g/mol. The fourth-order valence-electron chi connectivity index (χ4n) is 2.35. The molecule has 0 spiro atoms. The maximum atomic E-state index is 8.66. The van der Waals surface area contributed by atoms with Crippen molar-refractivity contribution < 1.29 is 0 Å². The number of nitriles is 1. The van der Waals surface area contributed by atoms with E-state index in [2.05, 4.69) is 66.3 Å². The lowest BCUT2D eigenvalue weighted by Crippen LogP contribution is -2.18. The summed E-state index contributed by atoms with van der Waals surface area (Å²) in [7, 11) is 2.00. The first-order chi connectivity index (χ1) is 11.6. The second-order valence-electron chi connectivity index (χ2n) is 5.72. The summed E-state index contributed by atoms with van der Waals surface area (Å²) in [5.74, 6) is 0. The van der Waals surface area contributed by atoms with Crippen LogP contribution in [0.3, 0.4) is 0 Å². The van der Waals surface area contributed by atoms with E-state index in [1.54, 1.807) is 0 Å². The molecule has 0 heterocycles. The molecule has 0 unspecified atom stereocenters. The number of hydrogen-bond acceptors (Lipinski definition) is 4. The van der Waals surface area contributed by atoms with Gasteiger partial charge in [-0.25, -0.2) is 0 Å². The molecule has 124 valence electrons. The van der Waals surface area contributed by atoms with Crippen LogP contribution in [-0.4, -0.2) is 26.4 Å². The van der Waals surface area contributed by atoms with Crippen LogP contribution in [0.1, 0.15) is 24.5 Å². The molecular formula is C20H24N4. The van der Waals surface area contributed by atoms with E-state index in [1.165, 1.54) is 5.56 Å². The van der Waals surface area contributed by atoms with Crippen LogP contribution >= 0.6 is 0 Å². The predicted molar refractivity (Wildman–Crippen MR) is 102 cm³/mol. The zero-order valence-electron chi connectivity index (χ0n) is 14.6. The molecule has 0 amide bonds. The maximum Gasteiger partial charge on any atom is 0.0640 e. The monoisotopic (exact) mass is 320 g/mol. The largest absolute Gasteiger partial charge is 0.374 e. The highest BCUT2D eigenvalue weighted by Crippen LogP contribution is 2.16. The van der Waals surface area contributed by atoms with Gasteiger partial charge in [-0.2, -0.15) is 10.4 Å². The number of hydrogen-bond donors (Lipinski definition) is 0. The van der Waals surface area contributed by atoms with Gasteiger partial charge in [0.15, 0.2) is 0 Å². The second-order valence-corrected chi connectivity index (χ2v) is 5.72. The second kappa shape index (κ2) is 8.73. The third-order valence-corrected chi connectivity index (χ3v) is 3.87. The molecule has 0 radical (unpaired) electrons. The van der Waals surface area contributed by atoms with Crippen molar-refractivity contribution in [3.8, 4) is 6.07 Å². The molecule has 0 saturated heterocycles. The molecule has 0 aliphatic heterocycles. The summed E-state index contributed by atoms with van der Waals surface area (Å²) >= 11 is 0. The van der Waals surface area contributed by atoms with Gasteiger partial charge in [-0.15, -0.1) is 0 Å². The maximum absolute atomic E-state index is 8.66. The molecule has 2 rings (SSSR count). The van der Waals surface area contributed by atoms with Crippen molar-refractivity contribution in [3.05, 3.63) is 59.7 Å². The van der Waals surface area contributed by atoms with E-state index in [4.69, 9.17) is 5.26 Å². The summed E-state index contributed by atoms with van der Waals surface area (Å²) in [6.45, 7) is 5.72. The summed E-state index contributed by atoms with van der Waals surface area (Å²) in [5.41, 5.74) is 4.49. The lowest BCUT2D eigenvalue weighted by molar-refractivity contribution is 0.897. The quantitative estimate of drug-likeness (QED) is 0.567. The van der Waals surface area contributed by atoms with Crippen molar-refractivity contribution in [3.63, 3.8) is 0 Å². The van der Waals surface area contributed by atoms with Gasteiger partial charge >= 0.3 is 0 Å². The first kappa shape index (κ1) is 17.6. The fraction of sp³-hybridized carbons (Fsp3) is 0.300. The Labute approximate surface area is 144 Å². The van der Waals surface area contributed by atoms with Gasteiger partial charge in [0.2, 0.25) is 0 Å². The number of aryl methyl sites for hydroxylation is 1. The van der Waals surface area contributed by atoms with Crippen LogP contribution in [-0.2, 0) is 0 Å². The third kappa shape index (κ3) is 4.85. The van der Waals surface area contributed by atoms with Crippen LogP contribution < -0.4 is 9.91 Å². The predicted octanol–water partition coefficient (Wildman–Crippen LogP) is 4.21. The molecule has 0 atom stereocenters. The molecule has 24 heavy (non-hydrogen) atoms. The minimum atomic E-state index is 0.529. The average Bonchev–Trinajstić information content (AvgIpc) is 2.62. The highest BCUT2D eigenvalue weighted by atomic mass is 15.4. The van der Waals surface area contributed by atoms with Crippen molar-refractivity contribution in [2.45, 2.75) is 20.3 Å². The molecule has 0 aliphatic carbocycles. The Morgan fingerprint density at radius 1 is 1.04 bits per heavy atom. The Hall–Kier alpha value is -2.80. The standard InChI is InChI=1S/C20H24N4/c1-4-24(20-10-6-17(2)7-11-20)22-16-18-8-12-19(13-9-18)23(3)15-5-14-21/h6-13,16H,4-5,15H2,1-3H3/b22-16-. The highest BCUT2D eigenvalue weighted by Gasteiger charge is 2.02. The van der Waals surface area contributed by atoms with Gasteiger partial charge in [0.25, 0.3) is 0 Å². The fourth-order valence-corrected chi connectivity index (χ4v) is 2.35. The Bertz CT molecular complexity index is 696. The summed E-state index contributed by atoms with van der Waals surface area (Å²) in [6, 6.07) is 18.7. The molecule has 0 aliphatic rings. The van der Waals surface area contributed by atoms with Crippen molar-refractivity contribution in [2.75, 3.05) is 30.0 Å². The molecule has 0 fully saturated rings. The minimum Gasteiger partial charge on any atom is -0.374 e. The van der Waals surface area contributed by atoms with Gasteiger partial charge in [-0.1, -0.05) is 29.8 Å².